The van der Waals surface area contributed by atoms with E-state index in [0.29, 0.717) is 19.5 Å². The lowest BCUT2D eigenvalue weighted by atomic mass is 10.1. The summed E-state index contributed by atoms with van der Waals surface area (Å²) in [4.78, 5) is 23.2. The van der Waals surface area contributed by atoms with Gasteiger partial charge in [0.15, 0.2) is 5.96 Å². The number of carbonyl (C=O) groups is 1. The smallest absolute Gasteiger partial charge is 0.229 e. The maximum absolute atomic E-state index is 12.5. The van der Waals surface area contributed by atoms with Crippen LogP contribution in [-0.4, -0.2) is 40.5 Å². The molecule has 3 aromatic rings. The van der Waals surface area contributed by atoms with Crippen LogP contribution in [0.4, 0.5) is 5.69 Å². The van der Waals surface area contributed by atoms with E-state index >= 15 is 0 Å². The first-order valence-corrected chi connectivity index (χ1v) is 10.6. The second kappa shape index (κ2) is 9.93. The third kappa shape index (κ3) is 5.51. The number of benzene rings is 2. The molecule has 1 fully saturated rings. The van der Waals surface area contributed by atoms with Gasteiger partial charge in [-0.2, -0.15) is 0 Å². The molecule has 160 valence electrons. The average molecular weight is 417 g/mol. The molecular weight excluding hydrogens is 388 g/mol. The number of carbonyl (C=O) groups excluding carboxylic acids is 1. The molecule has 1 amide bonds. The van der Waals surface area contributed by atoms with Crippen molar-refractivity contribution >= 4 is 17.6 Å². The summed E-state index contributed by atoms with van der Waals surface area (Å²) < 4.78 is 2.05. The topological polar surface area (TPSA) is 74.5 Å². The normalized spacial score (nSPS) is 16.5. The van der Waals surface area contributed by atoms with Crippen molar-refractivity contribution in [3.8, 4) is 0 Å². The van der Waals surface area contributed by atoms with Gasteiger partial charge in [0.2, 0.25) is 5.91 Å². The molecule has 1 aliphatic rings. The number of guanidine groups is 1. The van der Waals surface area contributed by atoms with Gasteiger partial charge in [-0.15, -0.1) is 0 Å². The quantitative estimate of drug-likeness (QED) is 0.459. The summed E-state index contributed by atoms with van der Waals surface area (Å²) in [6.45, 7) is 4.79. The number of imidazole rings is 1. The number of rotatable bonds is 7. The molecule has 0 saturated carbocycles. The molecule has 7 heteroatoms. The molecule has 2 N–H and O–H groups in total. The fourth-order valence-electron chi connectivity index (χ4n) is 3.76. The minimum absolute atomic E-state index is 0.0260. The Morgan fingerprint density at radius 3 is 2.77 bits per heavy atom. The van der Waals surface area contributed by atoms with Crippen molar-refractivity contribution in [3.63, 3.8) is 0 Å². The highest BCUT2D eigenvalue weighted by atomic mass is 16.2. The van der Waals surface area contributed by atoms with Gasteiger partial charge in [0.1, 0.15) is 0 Å². The third-order valence-corrected chi connectivity index (χ3v) is 5.21. The predicted molar refractivity (Wildman–Crippen MR) is 123 cm³/mol. The molecule has 1 aromatic heterocycles. The second-order valence-corrected chi connectivity index (χ2v) is 7.64. The highest BCUT2D eigenvalue weighted by molar-refractivity contribution is 5.97. The van der Waals surface area contributed by atoms with Crippen molar-refractivity contribution in [2.45, 2.75) is 32.5 Å². The van der Waals surface area contributed by atoms with Gasteiger partial charge in [0.05, 0.1) is 18.9 Å². The Morgan fingerprint density at radius 1 is 1.16 bits per heavy atom. The number of anilines is 1. The number of aliphatic imine (C=N–C) groups is 1. The molecule has 1 atom stereocenters. The maximum atomic E-state index is 12.5. The Hall–Kier alpha value is -3.61. The van der Waals surface area contributed by atoms with Gasteiger partial charge in [-0.1, -0.05) is 42.5 Å². The van der Waals surface area contributed by atoms with Crippen molar-refractivity contribution in [2.24, 2.45) is 4.99 Å². The summed E-state index contributed by atoms with van der Waals surface area (Å²) in [7, 11) is 0. The van der Waals surface area contributed by atoms with E-state index in [1.54, 1.807) is 6.20 Å². The minimum Gasteiger partial charge on any atom is -0.357 e. The van der Waals surface area contributed by atoms with Crippen LogP contribution < -0.4 is 15.5 Å². The zero-order chi connectivity index (χ0) is 21.5. The molecule has 0 bridgehead atoms. The van der Waals surface area contributed by atoms with E-state index in [1.165, 1.54) is 5.56 Å². The lowest BCUT2D eigenvalue weighted by Crippen LogP contribution is -2.44. The first kappa shape index (κ1) is 20.7. The van der Waals surface area contributed by atoms with Crippen LogP contribution in [0.15, 0.2) is 78.3 Å². The van der Waals surface area contributed by atoms with Crippen LogP contribution >= 0.6 is 0 Å². The largest absolute Gasteiger partial charge is 0.357 e. The van der Waals surface area contributed by atoms with E-state index in [4.69, 9.17) is 4.99 Å². The van der Waals surface area contributed by atoms with Crippen LogP contribution in [0.25, 0.3) is 0 Å². The van der Waals surface area contributed by atoms with Crippen molar-refractivity contribution < 1.29 is 4.79 Å². The lowest BCUT2D eigenvalue weighted by molar-refractivity contribution is -0.117. The number of amides is 1. The lowest BCUT2D eigenvalue weighted by Gasteiger charge is -2.19. The summed E-state index contributed by atoms with van der Waals surface area (Å²) in [5.74, 6) is 0.863. The first-order chi connectivity index (χ1) is 15.2. The van der Waals surface area contributed by atoms with E-state index in [-0.39, 0.29) is 11.9 Å². The molecule has 1 aliphatic heterocycles. The molecule has 1 unspecified atom stereocenters. The van der Waals surface area contributed by atoms with Crippen LogP contribution in [0.3, 0.4) is 0 Å². The highest BCUT2D eigenvalue weighted by Crippen LogP contribution is 2.21. The van der Waals surface area contributed by atoms with Gasteiger partial charge in [-0.25, -0.2) is 9.98 Å². The second-order valence-electron chi connectivity index (χ2n) is 7.64. The Morgan fingerprint density at radius 2 is 2.00 bits per heavy atom. The number of hydrogen-bond acceptors (Lipinski definition) is 3. The standard InChI is InChI=1S/C24H28N6O/c1-2-26-24(28-21-14-23(31)30(17-21)22-9-4-3-5-10-22)27-15-19-7-6-8-20(13-19)16-29-12-11-25-18-29/h3-13,18,21H,2,14-17H2,1H3,(H2,26,27,28). The Kier molecular flexibility index (Phi) is 6.62. The van der Waals surface area contributed by atoms with Gasteiger partial charge in [-0.05, 0) is 30.2 Å². The molecule has 31 heavy (non-hydrogen) atoms. The number of hydrogen-bond donors (Lipinski definition) is 2. The van der Waals surface area contributed by atoms with Crippen molar-refractivity contribution in [2.75, 3.05) is 18.0 Å². The fraction of sp³-hybridized carbons (Fsp3) is 0.292. The van der Waals surface area contributed by atoms with E-state index in [0.717, 1.165) is 30.3 Å². The third-order valence-electron chi connectivity index (χ3n) is 5.21. The average Bonchev–Trinajstić information content (AvgIpc) is 3.42. The summed E-state index contributed by atoms with van der Waals surface area (Å²) in [6, 6.07) is 18.3. The highest BCUT2D eigenvalue weighted by Gasteiger charge is 2.31. The van der Waals surface area contributed by atoms with Crippen LogP contribution in [0.1, 0.15) is 24.5 Å². The minimum atomic E-state index is 0.0260. The van der Waals surface area contributed by atoms with Crippen molar-refractivity contribution in [1.82, 2.24) is 20.2 Å². The van der Waals surface area contributed by atoms with E-state index in [1.807, 2.05) is 59.2 Å². The van der Waals surface area contributed by atoms with Gasteiger partial charge in [0, 0.05) is 44.1 Å². The van der Waals surface area contributed by atoms with Crippen LogP contribution in [0, 0.1) is 0 Å². The number of aromatic nitrogens is 2. The van der Waals surface area contributed by atoms with Gasteiger partial charge in [0.25, 0.3) is 0 Å². The SMILES string of the molecule is CCNC(=NCc1cccc(Cn2ccnc2)c1)NC1CC(=O)N(c2ccccc2)C1. The molecule has 4 rings (SSSR count). The van der Waals surface area contributed by atoms with Gasteiger partial charge >= 0.3 is 0 Å². The molecule has 0 aliphatic carbocycles. The first-order valence-electron chi connectivity index (χ1n) is 10.6. The molecule has 0 spiro atoms. The van der Waals surface area contributed by atoms with Crippen molar-refractivity contribution in [1.29, 1.82) is 0 Å². The van der Waals surface area contributed by atoms with Gasteiger partial charge in [-0.3, -0.25) is 4.79 Å². The van der Waals surface area contributed by atoms with Crippen LogP contribution in [-0.2, 0) is 17.9 Å². The van der Waals surface area contributed by atoms with E-state index < -0.39 is 0 Å². The predicted octanol–water partition coefficient (Wildman–Crippen LogP) is 2.79. The molecular formula is C24H28N6O. The Bertz CT molecular complexity index is 1020. The fourth-order valence-corrected chi connectivity index (χ4v) is 3.76. The summed E-state index contributed by atoms with van der Waals surface area (Å²) in [5, 5.41) is 6.73. The summed E-state index contributed by atoms with van der Waals surface area (Å²) in [5.41, 5.74) is 3.29. The van der Waals surface area contributed by atoms with E-state index in [2.05, 4.69) is 39.9 Å². The molecule has 2 aromatic carbocycles. The van der Waals surface area contributed by atoms with Crippen LogP contribution in [0.5, 0.6) is 0 Å². The number of para-hydroxylation sites is 1. The molecule has 1 saturated heterocycles. The van der Waals surface area contributed by atoms with Crippen molar-refractivity contribution in [3.05, 3.63) is 84.4 Å². The Balaban J connectivity index is 1.39. The van der Waals surface area contributed by atoms with E-state index in [9.17, 15) is 4.79 Å². The molecule has 0 radical (unpaired) electrons. The monoisotopic (exact) mass is 416 g/mol. The zero-order valence-electron chi connectivity index (χ0n) is 17.7. The zero-order valence-corrected chi connectivity index (χ0v) is 17.7. The van der Waals surface area contributed by atoms with Gasteiger partial charge < -0.3 is 20.1 Å². The summed E-state index contributed by atoms with van der Waals surface area (Å²) >= 11 is 0. The number of nitrogens with zero attached hydrogens (tertiary/aromatic N) is 4. The Labute approximate surface area is 182 Å². The maximum Gasteiger partial charge on any atom is 0.229 e. The molecule has 2 heterocycles. The molecule has 7 nitrogen and oxygen atoms in total. The summed E-state index contributed by atoms with van der Waals surface area (Å²) in [6.07, 6.45) is 6.02. The van der Waals surface area contributed by atoms with Crippen LogP contribution in [0.2, 0.25) is 0 Å². The number of nitrogens with one attached hydrogen (secondary N) is 2.